The molecule has 1 aromatic rings. The molecule has 0 radical (unpaired) electrons. The maximum Gasteiger partial charge on any atom is 0.255 e. The normalized spacial score (nSPS) is 19.7. The third-order valence-electron chi connectivity index (χ3n) is 3.31. The zero-order chi connectivity index (χ0) is 14.0. The third-order valence-corrected chi connectivity index (χ3v) is 3.31. The number of carbonyl (C=O) groups is 1. The van der Waals surface area contributed by atoms with Gasteiger partial charge in [0.1, 0.15) is 6.10 Å². The molecule has 5 nitrogen and oxygen atoms in total. The molecule has 1 N–H and O–H groups in total. The van der Waals surface area contributed by atoms with Crippen molar-refractivity contribution in [3.05, 3.63) is 11.3 Å². The summed E-state index contributed by atoms with van der Waals surface area (Å²) in [6.45, 7) is 8.92. The van der Waals surface area contributed by atoms with E-state index < -0.39 is 0 Å². The Balaban J connectivity index is 2.16. The summed E-state index contributed by atoms with van der Waals surface area (Å²) in [5.41, 5.74) is 1.78. The lowest BCUT2D eigenvalue weighted by molar-refractivity contribution is -0.124. The third kappa shape index (κ3) is 2.97. The van der Waals surface area contributed by atoms with Crippen LogP contribution in [0.2, 0.25) is 0 Å². The van der Waals surface area contributed by atoms with Gasteiger partial charge in [0.25, 0.3) is 5.91 Å². The van der Waals surface area contributed by atoms with Crippen molar-refractivity contribution < 1.29 is 14.1 Å². The molecule has 0 aliphatic carbocycles. The molecule has 1 atom stereocenters. The van der Waals surface area contributed by atoms with Crippen molar-refractivity contribution in [2.75, 3.05) is 11.9 Å². The fraction of sp³-hybridized carbons (Fsp3) is 0.714. The molecule has 2 heterocycles. The highest BCUT2D eigenvalue weighted by molar-refractivity contribution is 5.93. The van der Waals surface area contributed by atoms with Crippen molar-refractivity contribution in [1.82, 2.24) is 5.16 Å². The molecule has 1 saturated heterocycles. The van der Waals surface area contributed by atoms with E-state index in [2.05, 4.69) is 31.2 Å². The molecule has 19 heavy (non-hydrogen) atoms. The molecule has 1 aliphatic rings. The molecule has 0 aromatic carbocycles. The van der Waals surface area contributed by atoms with Gasteiger partial charge in [-0.25, -0.2) is 0 Å². The summed E-state index contributed by atoms with van der Waals surface area (Å²) in [6, 6.07) is 0. The van der Waals surface area contributed by atoms with Crippen LogP contribution < -0.4 is 5.32 Å². The van der Waals surface area contributed by atoms with E-state index in [0.717, 1.165) is 30.5 Å². The number of aromatic nitrogens is 1. The summed E-state index contributed by atoms with van der Waals surface area (Å²) in [4.78, 5) is 12.0. The molecule has 1 aliphatic heterocycles. The van der Waals surface area contributed by atoms with Gasteiger partial charge in [-0.1, -0.05) is 32.9 Å². The zero-order valence-electron chi connectivity index (χ0n) is 12.1. The Labute approximate surface area is 113 Å². The standard InChI is InChI=1S/C14H22N2O3/c1-5-9-11(14(2,3)4)16-19-13(9)15-12(17)10-7-6-8-18-10/h10H,5-8H2,1-4H3,(H,15,17)/t10-/m1/s1. The highest BCUT2D eigenvalue weighted by Gasteiger charge is 2.29. The van der Waals surface area contributed by atoms with Gasteiger partial charge in [-0.15, -0.1) is 0 Å². The van der Waals surface area contributed by atoms with Gasteiger partial charge in [-0.2, -0.15) is 0 Å². The largest absolute Gasteiger partial charge is 0.368 e. The van der Waals surface area contributed by atoms with Crippen LogP contribution in [0.25, 0.3) is 0 Å². The number of nitrogens with one attached hydrogen (secondary N) is 1. The van der Waals surface area contributed by atoms with Crippen LogP contribution in [0.3, 0.4) is 0 Å². The van der Waals surface area contributed by atoms with Crippen LogP contribution in [0, 0.1) is 0 Å². The minimum atomic E-state index is -0.354. The monoisotopic (exact) mass is 266 g/mol. The lowest BCUT2D eigenvalue weighted by atomic mass is 9.88. The van der Waals surface area contributed by atoms with E-state index in [9.17, 15) is 4.79 Å². The summed E-state index contributed by atoms with van der Waals surface area (Å²) >= 11 is 0. The minimum absolute atomic E-state index is 0.0956. The number of ether oxygens (including phenoxy) is 1. The first kappa shape index (κ1) is 14.1. The Kier molecular flexibility index (Phi) is 3.94. The first-order chi connectivity index (χ1) is 8.93. The van der Waals surface area contributed by atoms with Gasteiger partial charge in [0.15, 0.2) is 0 Å². The maximum atomic E-state index is 12.0. The van der Waals surface area contributed by atoms with E-state index >= 15 is 0 Å². The number of amides is 1. The van der Waals surface area contributed by atoms with Crippen LogP contribution in [0.15, 0.2) is 4.52 Å². The first-order valence-corrected chi connectivity index (χ1v) is 6.85. The topological polar surface area (TPSA) is 64.4 Å². The molecule has 0 unspecified atom stereocenters. The number of carbonyl (C=O) groups excluding carboxylic acids is 1. The Morgan fingerprint density at radius 2 is 2.21 bits per heavy atom. The van der Waals surface area contributed by atoms with Crippen molar-refractivity contribution in [2.24, 2.45) is 0 Å². The van der Waals surface area contributed by atoms with Crippen molar-refractivity contribution in [3.63, 3.8) is 0 Å². The Morgan fingerprint density at radius 3 is 2.74 bits per heavy atom. The second-order valence-corrected chi connectivity index (χ2v) is 5.93. The van der Waals surface area contributed by atoms with Gasteiger partial charge in [-0.05, 0) is 19.3 Å². The smallest absolute Gasteiger partial charge is 0.255 e. The Hall–Kier alpha value is -1.36. The van der Waals surface area contributed by atoms with Crippen LogP contribution >= 0.6 is 0 Å². The van der Waals surface area contributed by atoms with E-state index in [0.29, 0.717) is 12.5 Å². The highest BCUT2D eigenvalue weighted by Crippen LogP contribution is 2.30. The van der Waals surface area contributed by atoms with Crippen molar-refractivity contribution >= 4 is 11.8 Å². The van der Waals surface area contributed by atoms with Gasteiger partial charge in [-0.3, -0.25) is 10.1 Å². The minimum Gasteiger partial charge on any atom is -0.368 e. The van der Waals surface area contributed by atoms with Crippen LogP contribution in [-0.4, -0.2) is 23.8 Å². The van der Waals surface area contributed by atoms with E-state index in [1.807, 2.05) is 6.92 Å². The number of hydrogen-bond acceptors (Lipinski definition) is 4. The second-order valence-electron chi connectivity index (χ2n) is 5.93. The summed E-state index contributed by atoms with van der Waals surface area (Å²) in [5, 5.41) is 6.91. The van der Waals surface area contributed by atoms with E-state index in [1.54, 1.807) is 0 Å². The molecule has 1 amide bonds. The fourth-order valence-corrected chi connectivity index (χ4v) is 2.30. The van der Waals surface area contributed by atoms with Crippen LogP contribution in [0.1, 0.15) is 51.8 Å². The summed E-state index contributed by atoms with van der Waals surface area (Å²) < 4.78 is 10.7. The van der Waals surface area contributed by atoms with Crippen LogP contribution in [0.5, 0.6) is 0 Å². The van der Waals surface area contributed by atoms with Gasteiger partial charge in [0.05, 0.1) is 5.69 Å². The molecule has 0 bridgehead atoms. The van der Waals surface area contributed by atoms with Gasteiger partial charge >= 0.3 is 0 Å². The predicted octanol–water partition coefficient (Wildman–Crippen LogP) is 2.65. The van der Waals surface area contributed by atoms with E-state index in [1.165, 1.54) is 0 Å². The Bertz CT molecular complexity index is 454. The van der Waals surface area contributed by atoms with E-state index in [4.69, 9.17) is 9.26 Å². The molecular weight excluding hydrogens is 244 g/mol. The summed E-state index contributed by atoms with van der Waals surface area (Å²) in [5.74, 6) is 0.330. The SMILES string of the molecule is CCc1c(C(C)(C)C)noc1NC(=O)[C@H]1CCCO1. The predicted molar refractivity (Wildman–Crippen MR) is 72.2 cm³/mol. The number of hydrogen-bond donors (Lipinski definition) is 1. The zero-order valence-corrected chi connectivity index (χ0v) is 12.1. The van der Waals surface area contributed by atoms with Gasteiger partial charge in [0.2, 0.25) is 5.88 Å². The average molecular weight is 266 g/mol. The van der Waals surface area contributed by atoms with Gasteiger partial charge < -0.3 is 9.26 Å². The lowest BCUT2D eigenvalue weighted by Gasteiger charge is -2.16. The molecule has 0 spiro atoms. The summed E-state index contributed by atoms with van der Waals surface area (Å²) in [6.07, 6.45) is 2.13. The van der Waals surface area contributed by atoms with Crippen molar-refractivity contribution in [3.8, 4) is 0 Å². The first-order valence-electron chi connectivity index (χ1n) is 6.85. The van der Waals surface area contributed by atoms with Crippen LogP contribution in [-0.2, 0) is 21.4 Å². The summed E-state index contributed by atoms with van der Waals surface area (Å²) in [7, 11) is 0. The average Bonchev–Trinajstić information content (AvgIpc) is 2.96. The molecule has 1 aromatic heterocycles. The molecule has 5 heteroatoms. The van der Waals surface area contributed by atoms with Crippen molar-refractivity contribution in [1.29, 1.82) is 0 Å². The number of anilines is 1. The molecular formula is C14H22N2O3. The number of rotatable bonds is 3. The molecule has 1 fully saturated rings. The fourth-order valence-electron chi connectivity index (χ4n) is 2.30. The second kappa shape index (κ2) is 5.33. The Morgan fingerprint density at radius 1 is 1.47 bits per heavy atom. The lowest BCUT2D eigenvalue weighted by Crippen LogP contribution is -2.27. The van der Waals surface area contributed by atoms with Gasteiger partial charge in [0, 0.05) is 17.6 Å². The van der Waals surface area contributed by atoms with E-state index in [-0.39, 0.29) is 17.4 Å². The molecule has 0 saturated carbocycles. The quantitative estimate of drug-likeness (QED) is 0.913. The maximum absolute atomic E-state index is 12.0. The van der Waals surface area contributed by atoms with Crippen LogP contribution in [0.4, 0.5) is 5.88 Å². The highest BCUT2D eigenvalue weighted by atomic mass is 16.5. The molecule has 106 valence electrons. The molecule has 2 rings (SSSR count). The van der Waals surface area contributed by atoms with Crippen molar-refractivity contribution in [2.45, 2.75) is 58.5 Å². The number of nitrogens with zero attached hydrogens (tertiary/aromatic N) is 1.